The number of rotatable bonds is 5. The number of carbonyl (C=O) groups is 2. The van der Waals surface area contributed by atoms with Gasteiger partial charge in [-0.2, -0.15) is 0 Å². The van der Waals surface area contributed by atoms with E-state index in [1.807, 2.05) is 30.0 Å². The molecule has 0 atom stereocenters. The lowest BCUT2D eigenvalue weighted by Gasteiger charge is -2.24. The molecule has 0 aromatic carbocycles. The van der Waals surface area contributed by atoms with Gasteiger partial charge in [0.15, 0.2) is 0 Å². The lowest BCUT2D eigenvalue weighted by Crippen LogP contribution is -2.39. The molecule has 152 valence electrons. The number of nitrogens with one attached hydrogen (secondary N) is 1. The molecule has 2 rings (SSSR count). The van der Waals surface area contributed by atoms with Crippen LogP contribution >= 0.6 is 0 Å². The molecule has 27 heavy (non-hydrogen) atoms. The Balaban J connectivity index is 0.00000114. The summed E-state index contributed by atoms with van der Waals surface area (Å²) in [6.07, 6.45) is 0.927. The fraction of sp³-hybridized carbons (Fsp3) is 0.632. The van der Waals surface area contributed by atoms with E-state index < -0.39 is 0 Å². The molecular weight excluding hydrogens is 348 g/mol. The highest BCUT2D eigenvalue weighted by Gasteiger charge is 2.14. The van der Waals surface area contributed by atoms with Gasteiger partial charge in [0.1, 0.15) is 6.29 Å². The van der Waals surface area contributed by atoms with E-state index in [0.717, 1.165) is 43.9 Å². The van der Waals surface area contributed by atoms with Gasteiger partial charge < -0.3 is 20.0 Å². The van der Waals surface area contributed by atoms with Gasteiger partial charge in [-0.25, -0.2) is 0 Å². The zero-order valence-electron chi connectivity index (χ0n) is 16.4. The monoisotopic (exact) mass is 380 g/mol. The number of ether oxygens (including phenoxy) is 1. The molecule has 0 radical (unpaired) electrons. The molecule has 0 amide bonds. The Bertz CT molecular complexity index is 556. The molecule has 8 nitrogen and oxygen atoms in total. The number of fused-ring (bicyclic) bond motifs is 2. The van der Waals surface area contributed by atoms with Crippen LogP contribution in [0.4, 0.5) is 0 Å². The van der Waals surface area contributed by atoms with Crippen molar-refractivity contribution in [3.63, 3.8) is 0 Å². The van der Waals surface area contributed by atoms with E-state index in [4.69, 9.17) is 9.84 Å². The number of aromatic nitrogens is 1. The molecule has 2 N–H and O–H groups in total. The second-order valence-electron chi connectivity index (χ2n) is 6.10. The van der Waals surface area contributed by atoms with Crippen molar-refractivity contribution < 1.29 is 19.4 Å². The predicted molar refractivity (Wildman–Crippen MR) is 103 cm³/mol. The fourth-order valence-electron chi connectivity index (χ4n) is 2.71. The van der Waals surface area contributed by atoms with Gasteiger partial charge >= 0.3 is 5.97 Å². The lowest BCUT2D eigenvalue weighted by atomic mass is 10.2. The van der Waals surface area contributed by atoms with Gasteiger partial charge in [0.2, 0.25) is 0 Å². The zero-order chi connectivity index (χ0) is 19.9. The third kappa shape index (κ3) is 10.1. The first kappa shape index (κ1) is 23.2. The Labute approximate surface area is 161 Å². The molecule has 2 bridgehead atoms. The molecule has 0 fully saturated rings. The summed E-state index contributed by atoms with van der Waals surface area (Å²) in [4.78, 5) is 31.4. The number of aldehydes is 1. The first-order valence-corrected chi connectivity index (χ1v) is 9.43. The van der Waals surface area contributed by atoms with Crippen molar-refractivity contribution in [1.29, 1.82) is 0 Å². The van der Waals surface area contributed by atoms with Crippen LogP contribution in [0, 0.1) is 0 Å². The maximum atomic E-state index is 11.8. The van der Waals surface area contributed by atoms with E-state index in [1.54, 1.807) is 6.92 Å². The summed E-state index contributed by atoms with van der Waals surface area (Å²) in [6, 6.07) is 5.91. The largest absolute Gasteiger partial charge is 0.465 e. The second-order valence-corrected chi connectivity index (χ2v) is 6.10. The number of hydrogen-bond donors (Lipinski definition) is 2. The maximum Gasteiger partial charge on any atom is 0.320 e. The van der Waals surface area contributed by atoms with E-state index in [0.29, 0.717) is 26.2 Å². The van der Waals surface area contributed by atoms with Crippen LogP contribution in [0.3, 0.4) is 0 Å². The Morgan fingerprint density at radius 1 is 1.22 bits per heavy atom. The molecule has 1 aromatic rings. The molecule has 0 unspecified atom stereocenters. The smallest absolute Gasteiger partial charge is 0.320 e. The number of aliphatic hydroxyl groups excluding tert-OH is 1. The Morgan fingerprint density at radius 2 is 1.81 bits per heavy atom. The Morgan fingerprint density at radius 3 is 2.41 bits per heavy atom. The summed E-state index contributed by atoms with van der Waals surface area (Å²) in [6.45, 7) is 9.13. The molecular formula is C19H32N4O4. The quantitative estimate of drug-likeness (QED) is 0.547. The molecule has 1 aliphatic rings. The fourth-order valence-corrected chi connectivity index (χ4v) is 2.71. The molecule has 2 heterocycles. The second kappa shape index (κ2) is 14.2. The average molecular weight is 380 g/mol. The summed E-state index contributed by atoms with van der Waals surface area (Å²) in [5, 5.41) is 10.9. The molecule has 0 saturated carbocycles. The third-order valence-corrected chi connectivity index (χ3v) is 3.84. The molecule has 0 aliphatic carbocycles. The molecule has 1 aromatic heterocycles. The lowest BCUT2D eigenvalue weighted by molar-refractivity contribution is -0.144. The minimum absolute atomic E-state index is 0.210. The van der Waals surface area contributed by atoms with Crippen LogP contribution in [-0.2, 0) is 27.4 Å². The Kier molecular flexibility index (Phi) is 12.2. The van der Waals surface area contributed by atoms with E-state index in [2.05, 4.69) is 15.2 Å². The highest BCUT2D eigenvalue weighted by atomic mass is 16.5. The van der Waals surface area contributed by atoms with Gasteiger partial charge in [-0.1, -0.05) is 6.07 Å². The van der Waals surface area contributed by atoms with Gasteiger partial charge in [-0.3, -0.25) is 19.6 Å². The van der Waals surface area contributed by atoms with Crippen molar-refractivity contribution >= 4 is 12.3 Å². The first-order valence-electron chi connectivity index (χ1n) is 9.43. The van der Waals surface area contributed by atoms with Gasteiger partial charge in [-0.15, -0.1) is 0 Å². The number of esters is 1. The van der Waals surface area contributed by atoms with Crippen LogP contribution in [0.5, 0.6) is 0 Å². The molecule has 1 aliphatic heterocycles. The normalized spacial score (nSPS) is 16.3. The van der Waals surface area contributed by atoms with Gasteiger partial charge in [0.25, 0.3) is 0 Å². The van der Waals surface area contributed by atoms with Crippen molar-refractivity contribution in [1.82, 2.24) is 20.1 Å². The molecule has 0 saturated heterocycles. The van der Waals surface area contributed by atoms with Gasteiger partial charge in [0, 0.05) is 45.9 Å². The van der Waals surface area contributed by atoms with Crippen LogP contribution in [-0.4, -0.2) is 84.6 Å². The van der Waals surface area contributed by atoms with Crippen LogP contribution < -0.4 is 5.32 Å². The Hall–Kier alpha value is -1.87. The van der Waals surface area contributed by atoms with E-state index >= 15 is 0 Å². The zero-order valence-corrected chi connectivity index (χ0v) is 16.4. The summed E-state index contributed by atoms with van der Waals surface area (Å²) in [5.41, 5.74) is 1.86. The molecule has 8 heteroatoms. The van der Waals surface area contributed by atoms with Crippen molar-refractivity contribution in [3.8, 4) is 0 Å². The average Bonchev–Trinajstić information content (AvgIpc) is 2.62. The SMILES string of the molecule is CCO.CCOC(=O)CN1CCNCCN(CC=O)Cc2cccc(n2)C1. The summed E-state index contributed by atoms with van der Waals surface area (Å²) < 4.78 is 5.05. The van der Waals surface area contributed by atoms with Gasteiger partial charge in [0.05, 0.1) is 31.1 Å². The number of carbonyl (C=O) groups excluding carboxylic acids is 2. The van der Waals surface area contributed by atoms with Crippen molar-refractivity contribution in [2.24, 2.45) is 0 Å². The number of aliphatic hydroxyl groups is 1. The van der Waals surface area contributed by atoms with E-state index in [-0.39, 0.29) is 19.1 Å². The number of nitrogens with zero attached hydrogens (tertiary/aromatic N) is 3. The minimum atomic E-state index is -0.210. The predicted octanol–water partition coefficient (Wildman–Crippen LogP) is 0.0494. The third-order valence-electron chi connectivity index (χ3n) is 3.84. The standard InChI is InChI=1S/C17H26N4O3.C2H6O/c1-2-24-17(23)14-21-9-7-18-6-8-20(10-11-22)12-15-4-3-5-16(13-21)19-15;1-2-3/h3-5,11,18H,2,6-10,12-14H2,1H3;3H,2H2,1H3. The van der Waals surface area contributed by atoms with Crippen molar-refractivity contribution in [3.05, 3.63) is 29.6 Å². The summed E-state index contributed by atoms with van der Waals surface area (Å²) in [7, 11) is 0. The number of pyridine rings is 1. The number of hydrogen-bond acceptors (Lipinski definition) is 8. The first-order chi connectivity index (χ1) is 13.1. The van der Waals surface area contributed by atoms with Gasteiger partial charge in [-0.05, 0) is 26.0 Å². The van der Waals surface area contributed by atoms with E-state index in [1.165, 1.54) is 0 Å². The highest BCUT2D eigenvalue weighted by Crippen LogP contribution is 2.07. The maximum absolute atomic E-state index is 11.8. The van der Waals surface area contributed by atoms with E-state index in [9.17, 15) is 9.59 Å². The highest BCUT2D eigenvalue weighted by molar-refractivity contribution is 5.71. The van der Waals surface area contributed by atoms with Crippen molar-refractivity contribution in [2.45, 2.75) is 26.9 Å². The minimum Gasteiger partial charge on any atom is -0.465 e. The topological polar surface area (TPSA) is 95.0 Å². The van der Waals surface area contributed by atoms with Crippen LogP contribution in [0.25, 0.3) is 0 Å². The van der Waals surface area contributed by atoms with Crippen LogP contribution in [0.1, 0.15) is 25.2 Å². The van der Waals surface area contributed by atoms with Crippen LogP contribution in [0.2, 0.25) is 0 Å². The summed E-state index contributed by atoms with van der Waals surface area (Å²) >= 11 is 0. The molecule has 0 spiro atoms. The van der Waals surface area contributed by atoms with Crippen LogP contribution in [0.15, 0.2) is 18.2 Å². The van der Waals surface area contributed by atoms with Crippen molar-refractivity contribution in [2.75, 3.05) is 52.5 Å². The summed E-state index contributed by atoms with van der Waals surface area (Å²) in [5.74, 6) is -0.210.